The SMILES string of the molecule is Cc1cc(NC(=O)CN2CCN(C(=O)C(C)n3c(=O)oc4ccccc43)CC2)no1. The second kappa shape index (κ2) is 8.15. The van der Waals surface area contributed by atoms with Gasteiger partial charge in [-0.1, -0.05) is 17.3 Å². The van der Waals surface area contributed by atoms with Gasteiger partial charge in [-0.15, -0.1) is 0 Å². The largest absolute Gasteiger partial charge is 0.420 e. The number of carbonyl (C=O) groups excluding carboxylic acids is 2. The lowest BCUT2D eigenvalue weighted by atomic mass is 10.2. The van der Waals surface area contributed by atoms with Gasteiger partial charge in [0.05, 0.1) is 12.1 Å². The molecule has 1 unspecified atom stereocenters. The molecule has 0 bridgehead atoms. The van der Waals surface area contributed by atoms with Crippen molar-refractivity contribution in [3.05, 3.63) is 46.6 Å². The molecule has 2 amide bonds. The van der Waals surface area contributed by atoms with E-state index in [2.05, 4.69) is 10.5 Å². The van der Waals surface area contributed by atoms with Crippen LogP contribution in [0.1, 0.15) is 18.7 Å². The van der Waals surface area contributed by atoms with Gasteiger partial charge in [0, 0.05) is 32.2 Å². The minimum atomic E-state index is -0.675. The van der Waals surface area contributed by atoms with E-state index in [1.807, 2.05) is 4.90 Å². The van der Waals surface area contributed by atoms with Crippen LogP contribution in [0, 0.1) is 6.92 Å². The second-order valence-electron chi connectivity index (χ2n) is 7.35. The molecule has 1 aliphatic rings. The number of fused-ring (bicyclic) bond motifs is 1. The van der Waals surface area contributed by atoms with Crippen molar-refractivity contribution in [1.29, 1.82) is 0 Å². The Balaban J connectivity index is 1.34. The number of aryl methyl sites for hydroxylation is 1. The molecule has 1 saturated heterocycles. The number of carbonyl (C=O) groups is 2. The molecule has 0 aliphatic carbocycles. The number of para-hydroxylation sites is 2. The van der Waals surface area contributed by atoms with Crippen molar-refractivity contribution in [3.8, 4) is 0 Å². The molecule has 30 heavy (non-hydrogen) atoms. The molecule has 1 N–H and O–H groups in total. The van der Waals surface area contributed by atoms with Crippen LogP contribution < -0.4 is 11.1 Å². The number of benzene rings is 1. The van der Waals surface area contributed by atoms with Gasteiger partial charge in [-0.25, -0.2) is 4.79 Å². The van der Waals surface area contributed by atoms with E-state index in [1.165, 1.54) is 4.57 Å². The molecule has 1 aliphatic heterocycles. The first-order valence-electron chi connectivity index (χ1n) is 9.77. The molecule has 2 aromatic heterocycles. The predicted molar refractivity (Wildman–Crippen MR) is 108 cm³/mol. The number of oxazole rings is 1. The minimum Gasteiger partial charge on any atom is -0.408 e. The molecule has 3 aromatic rings. The summed E-state index contributed by atoms with van der Waals surface area (Å²) >= 11 is 0. The fourth-order valence-electron chi connectivity index (χ4n) is 3.66. The highest BCUT2D eigenvalue weighted by molar-refractivity contribution is 5.91. The van der Waals surface area contributed by atoms with Crippen molar-refractivity contribution in [1.82, 2.24) is 19.5 Å². The van der Waals surface area contributed by atoms with E-state index in [4.69, 9.17) is 8.94 Å². The summed E-state index contributed by atoms with van der Waals surface area (Å²) in [5, 5.41) is 6.43. The number of rotatable bonds is 5. The van der Waals surface area contributed by atoms with Gasteiger partial charge >= 0.3 is 5.76 Å². The molecule has 0 radical (unpaired) electrons. The fraction of sp³-hybridized carbons (Fsp3) is 0.400. The van der Waals surface area contributed by atoms with E-state index in [0.29, 0.717) is 48.9 Å². The standard InChI is InChI=1S/C20H23N5O5/c1-13-11-17(22-30-13)21-18(26)12-23-7-9-24(10-8-23)19(27)14(2)25-15-5-3-4-6-16(15)29-20(25)28/h3-6,11,14H,7-10,12H2,1-2H3,(H,21,22,26). The molecule has 10 nitrogen and oxygen atoms in total. The first-order chi connectivity index (χ1) is 14.4. The zero-order valence-electron chi connectivity index (χ0n) is 16.8. The lowest BCUT2D eigenvalue weighted by Gasteiger charge is -2.35. The van der Waals surface area contributed by atoms with Gasteiger partial charge in [-0.3, -0.25) is 19.1 Å². The Labute approximate surface area is 172 Å². The lowest BCUT2D eigenvalue weighted by Crippen LogP contribution is -2.52. The van der Waals surface area contributed by atoms with Crippen molar-refractivity contribution in [2.75, 3.05) is 38.0 Å². The minimum absolute atomic E-state index is 0.147. The Morgan fingerprint density at radius 2 is 1.93 bits per heavy atom. The molecule has 0 saturated carbocycles. The Morgan fingerprint density at radius 3 is 2.63 bits per heavy atom. The van der Waals surface area contributed by atoms with E-state index in [0.717, 1.165) is 0 Å². The van der Waals surface area contributed by atoms with E-state index >= 15 is 0 Å². The maximum atomic E-state index is 13.0. The fourth-order valence-corrected chi connectivity index (χ4v) is 3.66. The molecule has 3 heterocycles. The summed E-state index contributed by atoms with van der Waals surface area (Å²) in [7, 11) is 0. The molecule has 1 atom stereocenters. The summed E-state index contributed by atoms with van der Waals surface area (Å²) in [6, 6.07) is 8.02. The summed E-state index contributed by atoms with van der Waals surface area (Å²) in [6.07, 6.45) is 0. The van der Waals surface area contributed by atoms with Gasteiger partial charge in [-0.05, 0) is 26.0 Å². The first kappa shape index (κ1) is 19.9. The average Bonchev–Trinajstić information content (AvgIpc) is 3.28. The van der Waals surface area contributed by atoms with Crippen LogP contribution in [0.2, 0.25) is 0 Å². The molecule has 4 rings (SSSR count). The van der Waals surface area contributed by atoms with Crippen LogP contribution in [-0.2, 0) is 9.59 Å². The first-order valence-corrected chi connectivity index (χ1v) is 9.77. The maximum absolute atomic E-state index is 13.0. The summed E-state index contributed by atoms with van der Waals surface area (Å²) < 4.78 is 11.6. The second-order valence-corrected chi connectivity index (χ2v) is 7.35. The van der Waals surface area contributed by atoms with Crippen molar-refractivity contribution < 1.29 is 18.5 Å². The highest BCUT2D eigenvalue weighted by Crippen LogP contribution is 2.19. The van der Waals surface area contributed by atoms with Gasteiger partial charge in [0.1, 0.15) is 11.8 Å². The number of amides is 2. The van der Waals surface area contributed by atoms with Gasteiger partial charge in [0.15, 0.2) is 11.4 Å². The van der Waals surface area contributed by atoms with E-state index in [9.17, 15) is 14.4 Å². The molecule has 158 valence electrons. The van der Waals surface area contributed by atoms with Crippen molar-refractivity contribution >= 4 is 28.7 Å². The summed E-state index contributed by atoms with van der Waals surface area (Å²) in [4.78, 5) is 41.1. The number of aromatic nitrogens is 2. The van der Waals surface area contributed by atoms with Crippen LogP contribution in [0.5, 0.6) is 0 Å². The third-order valence-corrected chi connectivity index (χ3v) is 5.21. The van der Waals surface area contributed by atoms with Crippen molar-refractivity contribution in [3.63, 3.8) is 0 Å². The number of nitrogens with one attached hydrogen (secondary N) is 1. The Kier molecular flexibility index (Phi) is 5.40. The number of hydrogen-bond acceptors (Lipinski definition) is 7. The van der Waals surface area contributed by atoms with Gasteiger partial charge < -0.3 is 19.2 Å². The molecular weight excluding hydrogens is 390 g/mol. The third-order valence-electron chi connectivity index (χ3n) is 5.21. The van der Waals surface area contributed by atoms with Crippen LogP contribution in [0.3, 0.4) is 0 Å². The van der Waals surface area contributed by atoms with Gasteiger partial charge in [0.2, 0.25) is 11.8 Å². The highest BCUT2D eigenvalue weighted by Gasteiger charge is 2.29. The van der Waals surface area contributed by atoms with Gasteiger partial charge in [0.25, 0.3) is 0 Å². The Morgan fingerprint density at radius 1 is 1.20 bits per heavy atom. The molecule has 10 heteroatoms. The number of hydrogen-bond donors (Lipinski definition) is 1. The Bertz CT molecular complexity index is 1120. The van der Waals surface area contributed by atoms with Gasteiger partial charge in [-0.2, -0.15) is 0 Å². The normalized spacial score (nSPS) is 16.0. The van der Waals surface area contributed by atoms with Crippen LogP contribution in [-0.4, -0.2) is 64.1 Å². The van der Waals surface area contributed by atoms with E-state index in [-0.39, 0.29) is 18.4 Å². The predicted octanol–water partition coefficient (Wildman–Crippen LogP) is 1.23. The van der Waals surface area contributed by atoms with Crippen LogP contribution >= 0.6 is 0 Å². The summed E-state index contributed by atoms with van der Waals surface area (Å²) in [6.45, 7) is 5.73. The van der Waals surface area contributed by atoms with Crippen LogP contribution in [0.4, 0.5) is 5.82 Å². The summed E-state index contributed by atoms with van der Waals surface area (Å²) in [5.74, 6) is 0.128. The lowest BCUT2D eigenvalue weighted by molar-refractivity contribution is -0.136. The highest BCUT2D eigenvalue weighted by atomic mass is 16.5. The van der Waals surface area contributed by atoms with E-state index < -0.39 is 11.8 Å². The third kappa shape index (κ3) is 3.99. The maximum Gasteiger partial charge on any atom is 0.420 e. The van der Waals surface area contributed by atoms with Crippen LogP contribution in [0.25, 0.3) is 11.1 Å². The van der Waals surface area contributed by atoms with Crippen molar-refractivity contribution in [2.45, 2.75) is 19.9 Å². The van der Waals surface area contributed by atoms with Crippen molar-refractivity contribution in [2.24, 2.45) is 0 Å². The topological polar surface area (TPSA) is 114 Å². The monoisotopic (exact) mass is 413 g/mol. The Hall–Kier alpha value is -3.40. The average molecular weight is 413 g/mol. The zero-order chi connectivity index (χ0) is 21.3. The number of piperazine rings is 1. The molecule has 1 fully saturated rings. The number of nitrogens with zero attached hydrogens (tertiary/aromatic N) is 4. The zero-order valence-corrected chi connectivity index (χ0v) is 16.8. The summed E-state index contributed by atoms with van der Waals surface area (Å²) in [5.41, 5.74) is 1.06. The molecule has 0 spiro atoms. The van der Waals surface area contributed by atoms with E-state index in [1.54, 1.807) is 49.1 Å². The quantitative estimate of drug-likeness (QED) is 0.669. The molecule has 1 aromatic carbocycles. The van der Waals surface area contributed by atoms with Crippen LogP contribution in [0.15, 0.2) is 44.1 Å². The smallest absolute Gasteiger partial charge is 0.408 e. The molecular formula is C20H23N5O5. The number of anilines is 1.